The number of hydrogen-bond acceptors (Lipinski definition) is 4. The molecular weight excluding hydrogens is 260 g/mol. The second-order valence-electron chi connectivity index (χ2n) is 6.72. The number of rotatable bonds is 7. The van der Waals surface area contributed by atoms with Gasteiger partial charge in [-0.1, -0.05) is 19.9 Å². The van der Waals surface area contributed by atoms with Crippen LogP contribution in [0.2, 0.25) is 0 Å². The molecule has 0 amide bonds. The van der Waals surface area contributed by atoms with Crippen molar-refractivity contribution in [1.82, 2.24) is 20.1 Å². The fourth-order valence-corrected chi connectivity index (χ4v) is 2.91. The molecule has 0 aromatic carbocycles. The van der Waals surface area contributed by atoms with Gasteiger partial charge >= 0.3 is 0 Å². The van der Waals surface area contributed by atoms with E-state index >= 15 is 0 Å². The lowest BCUT2D eigenvalue weighted by atomic mass is 10.2. The summed E-state index contributed by atoms with van der Waals surface area (Å²) in [7, 11) is 4.32. The molecule has 0 radical (unpaired) electrons. The summed E-state index contributed by atoms with van der Waals surface area (Å²) in [6, 6.07) is 5.59. The Morgan fingerprint density at radius 1 is 1.38 bits per heavy atom. The normalized spacial score (nSPS) is 19.8. The summed E-state index contributed by atoms with van der Waals surface area (Å²) in [5, 5.41) is 3.43. The summed E-state index contributed by atoms with van der Waals surface area (Å²) in [4.78, 5) is 9.50. The Labute approximate surface area is 129 Å². The monoisotopic (exact) mass is 290 g/mol. The molecule has 1 N–H and O–H groups in total. The molecule has 118 valence electrons. The van der Waals surface area contributed by atoms with Crippen molar-refractivity contribution in [2.24, 2.45) is 0 Å². The molecule has 1 aliphatic heterocycles. The molecule has 2 heterocycles. The van der Waals surface area contributed by atoms with Gasteiger partial charge in [0, 0.05) is 37.9 Å². The van der Waals surface area contributed by atoms with E-state index in [0.717, 1.165) is 19.6 Å². The largest absolute Gasteiger partial charge is 0.310 e. The molecule has 4 heteroatoms. The smallest absolute Gasteiger partial charge is 0.0544 e. The predicted octanol–water partition coefficient (Wildman–Crippen LogP) is 2.11. The third-order valence-corrected chi connectivity index (χ3v) is 4.04. The number of pyridine rings is 1. The van der Waals surface area contributed by atoms with Gasteiger partial charge in [-0.25, -0.2) is 0 Å². The summed E-state index contributed by atoms with van der Waals surface area (Å²) in [5.74, 6) is 0. The molecule has 1 aliphatic rings. The van der Waals surface area contributed by atoms with Crippen LogP contribution in [0.25, 0.3) is 0 Å². The molecule has 1 atom stereocenters. The molecule has 0 saturated carbocycles. The van der Waals surface area contributed by atoms with Crippen LogP contribution in [0.4, 0.5) is 0 Å². The van der Waals surface area contributed by atoms with E-state index in [1.54, 1.807) is 0 Å². The Morgan fingerprint density at radius 3 is 2.81 bits per heavy atom. The lowest BCUT2D eigenvalue weighted by Crippen LogP contribution is -2.37. The molecule has 0 aliphatic carbocycles. The first kappa shape index (κ1) is 16.4. The minimum absolute atomic E-state index is 0.515. The summed E-state index contributed by atoms with van der Waals surface area (Å²) in [5.41, 5.74) is 2.45. The summed E-state index contributed by atoms with van der Waals surface area (Å²) in [6.45, 7) is 8.57. The van der Waals surface area contributed by atoms with Crippen LogP contribution in [-0.2, 0) is 13.1 Å². The Kier molecular flexibility index (Phi) is 6.15. The van der Waals surface area contributed by atoms with Gasteiger partial charge in [0.1, 0.15) is 0 Å². The van der Waals surface area contributed by atoms with E-state index < -0.39 is 0 Å². The van der Waals surface area contributed by atoms with E-state index in [-0.39, 0.29) is 0 Å². The first-order valence-electron chi connectivity index (χ1n) is 8.10. The molecular formula is C17H30N4. The molecule has 2 rings (SSSR count). The highest BCUT2D eigenvalue weighted by atomic mass is 15.2. The average molecular weight is 290 g/mol. The molecule has 21 heavy (non-hydrogen) atoms. The maximum Gasteiger partial charge on any atom is 0.0544 e. The second kappa shape index (κ2) is 7.87. The zero-order chi connectivity index (χ0) is 15.2. The zero-order valence-electron chi connectivity index (χ0n) is 14.0. The van der Waals surface area contributed by atoms with Gasteiger partial charge in [-0.15, -0.1) is 0 Å². The zero-order valence-corrected chi connectivity index (χ0v) is 14.0. The Morgan fingerprint density at radius 2 is 2.19 bits per heavy atom. The molecule has 1 aromatic heterocycles. The van der Waals surface area contributed by atoms with Crippen LogP contribution in [0.3, 0.4) is 0 Å². The Bertz CT molecular complexity index is 413. The number of nitrogens with one attached hydrogen (secondary N) is 1. The fourth-order valence-electron chi connectivity index (χ4n) is 2.91. The maximum atomic E-state index is 4.64. The van der Waals surface area contributed by atoms with Crippen molar-refractivity contribution >= 4 is 0 Å². The fraction of sp³-hybridized carbons (Fsp3) is 0.706. The van der Waals surface area contributed by atoms with Crippen molar-refractivity contribution in [3.05, 3.63) is 29.6 Å². The SMILES string of the molecule is CC(C)NCc1ccc(CN2CCCC2CN(C)C)nc1. The van der Waals surface area contributed by atoms with Gasteiger partial charge in [0.15, 0.2) is 0 Å². The van der Waals surface area contributed by atoms with Crippen LogP contribution < -0.4 is 5.32 Å². The van der Waals surface area contributed by atoms with E-state index in [1.165, 1.54) is 30.6 Å². The summed E-state index contributed by atoms with van der Waals surface area (Å²) >= 11 is 0. The van der Waals surface area contributed by atoms with E-state index in [4.69, 9.17) is 0 Å². The quantitative estimate of drug-likeness (QED) is 0.833. The van der Waals surface area contributed by atoms with E-state index in [0.29, 0.717) is 12.1 Å². The average Bonchev–Trinajstić information content (AvgIpc) is 2.84. The van der Waals surface area contributed by atoms with Crippen LogP contribution in [0.15, 0.2) is 18.3 Å². The predicted molar refractivity (Wildman–Crippen MR) is 88.2 cm³/mol. The van der Waals surface area contributed by atoms with Gasteiger partial charge in [-0.2, -0.15) is 0 Å². The number of likely N-dealkylation sites (tertiary alicyclic amines) is 1. The van der Waals surface area contributed by atoms with Crippen molar-refractivity contribution in [3.63, 3.8) is 0 Å². The third-order valence-electron chi connectivity index (χ3n) is 4.04. The van der Waals surface area contributed by atoms with Crippen LogP contribution in [0.5, 0.6) is 0 Å². The number of aromatic nitrogens is 1. The highest BCUT2D eigenvalue weighted by Gasteiger charge is 2.24. The van der Waals surface area contributed by atoms with E-state index in [9.17, 15) is 0 Å². The first-order valence-corrected chi connectivity index (χ1v) is 8.10. The molecule has 1 unspecified atom stereocenters. The highest BCUT2D eigenvalue weighted by Crippen LogP contribution is 2.20. The van der Waals surface area contributed by atoms with E-state index in [1.807, 2.05) is 6.20 Å². The van der Waals surface area contributed by atoms with Gasteiger partial charge in [0.05, 0.1) is 5.69 Å². The summed E-state index contributed by atoms with van der Waals surface area (Å²) in [6.07, 6.45) is 4.64. The lowest BCUT2D eigenvalue weighted by Gasteiger charge is -2.26. The third kappa shape index (κ3) is 5.38. The molecule has 1 aromatic rings. The van der Waals surface area contributed by atoms with Crippen molar-refractivity contribution < 1.29 is 0 Å². The van der Waals surface area contributed by atoms with Gasteiger partial charge in [-0.05, 0) is 45.1 Å². The van der Waals surface area contributed by atoms with Gasteiger partial charge in [0.2, 0.25) is 0 Å². The van der Waals surface area contributed by atoms with Gasteiger partial charge in [0.25, 0.3) is 0 Å². The molecule has 0 bridgehead atoms. The van der Waals surface area contributed by atoms with Crippen LogP contribution >= 0.6 is 0 Å². The van der Waals surface area contributed by atoms with Crippen molar-refractivity contribution in [2.75, 3.05) is 27.2 Å². The second-order valence-corrected chi connectivity index (χ2v) is 6.72. The molecule has 1 fully saturated rings. The highest BCUT2D eigenvalue weighted by molar-refractivity contribution is 5.14. The van der Waals surface area contributed by atoms with Gasteiger partial charge < -0.3 is 10.2 Å². The standard InChI is InChI=1S/C17H30N4/c1-14(2)18-10-15-7-8-16(19-11-15)12-21-9-5-6-17(21)13-20(3)4/h7-8,11,14,17-18H,5-6,9-10,12-13H2,1-4H3. The van der Waals surface area contributed by atoms with Gasteiger partial charge in [-0.3, -0.25) is 9.88 Å². The van der Waals surface area contributed by atoms with E-state index in [2.05, 4.69) is 60.2 Å². The minimum Gasteiger partial charge on any atom is -0.310 e. The number of likely N-dealkylation sites (N-methyl/N-ethyl adjacent to an activating group) is 1. The summed E-state index contributed by atoms with van der Waals surface area (Å²) < 4.78 is 0. The topological polar surface area (TPSA) is 31.4 Å². The van der Waals surface area contributed by atoms with Crippen molar-refractivity contribution in [1.29, 1.82) is 0 Å². The molecule has 4 nitrogen and oxygen atoms in total. The number of hydrogen-bond donors (Lipinski definition) is 1. The van der Waals surface area contributed by atoms with Crippen LogP contribution in [-0.4, -0.2) is 54.1 Å². The van der Waals surface area contributed by atoms with Crippen molar-refractivity contribution in [2.45, 2.75) is 51.9 Å². The Hall–Kier alpha value is -0.970. The maximum absolute atomic E-state index is 4.64. The molecule has 1 saturated heterocycles. The first-order chi connectivity index (χ1) is 10.0. The lowest BCUT2D eigenvalue weighted by molar-refractivity contribution is 0.199. The molecule has 0 spiro atoms. The van der Waals surface area contributed by atoms with Crippen LogP contribution in [0, 0.1) is 0 Å². The minimum atomic E-state index is 0.515. The Balaban J connectivity index is 1.87. The number of nitrogens with zero attached hydrogens (tertiary/aromatic N) is 3. The van der Waals surface area contributed by atoms with Crippen LogP contribution in [0.1, 0.15) is 37.9 Å². The van der Waals surface area contributed by atoms with Crippen molar-refractivity contribution in [3.8, 4) is 0 Å².